The fourth-order valence-electron chi connectivity index (χ4n) is 3.15. The average molecular weight is 346 g/mol. The van der Waals surface area contributed by atoms with Crippen LogP contribution in [0.5, 0.6) is 0 Å². The third kappa shape index (κ3) is 2.71. The Morgan fingerprint density at radius 3 is 2.92 bits per heavy atom. The van der Waals surface area contributed by atoms with Gasteiger partial charge in [-0.1, -0.05) is 0 Å². The number of amides is 1. The normalized spacial score (nSPS) is 23.0. The van der Waals surface area contributed by atoms with Gasteiger partial charge in [-0.25, -0.2) is 9.78 Å². The molecule has 1 unspecified atom stereocenters. The number of methoxy groups -OCH3 is 1. The molecule has 8 heteroatoms. The highest BCUT2D eigenvalue weighted by molar-refractivity contribution is 7.11. The molecular formula is C16H18N4O3S. The van der Waals surface area contributed by atoms with Crippen LogP contribution in [0.1, 0.15) is 24.3 Å². The molecule has 1 aromatic heterocycles. The first kappa shape index (κ1) is 15.3. The van der Waals surface area contributed by atoms with Crippen LogP contribution >= 0.6 is 11.3 Å². The number of ether oxygens (including phenoxy) is 1. The van der Waals surface area contributed by atoms with Gasteiger partial charge in [-0.2, -0.15) is 0 Å². The molecule has 1 saturated heterocycles. The lowest BCUT2D eigenvalue weighted by Gasteiger charge is -2.26. The first-order valence-corrected chi connectivity index (χ1v) is 8.88. The maximum atomic E-state index is 12.1. The fraction of sp³-hybridized carbons (Fsp3) is 0.500. The summed E-state index contributed by atoms with van der Waals surface area (Å²) in [4.78, 5) is 35.0. The quantitative estimate of drug-likeness (QED) is 0.820. The highest BCUT2D eigenvalue weighted by Crippen LogP contribution is 2.33. The summed E-state index contributed by atoms with van der Waals surface area (Å²) in [5, 5.41) is 5.83. The van der Waals surface area contributed by atoms with Crippen LogP contribution in [0, 0.1) is 5.92 Å². The smallest absolute Gasteiger partial charge is 0.337 e. The number of hydrogen-bond donors (Lipinski definition) is 1. The highest BCUT2D eigenvalue weighted by atomic mass is 32.1. The molecule has 4 rings (SSSR count). The summed E-state index contributed by atoms with van der Waals surface area (Å²) in [7, 11) is 1.38. The number of thiazole rings is 1. The molecule has 3 aliphatic rings. The maximum Gasteiger partial charge on any atom is 0.337 e. The minimum atomic E-state index is -0.355. The zero-order chi connectivity index (χ0) is 16.7. The van der Waals surface area contributed by atoms with Crippen molar-refractivity contribution in [2.45, 2.75) is 25.3 Å². The molecule has 0 aromatic carbocycles. The van der Waals surface area contributed by atoms with Gasteiger partial charge in [-0.05, 0) is 12.8 Å². The van der Waals surface area contributed by atoms with Gasteiger partial charge in [-0.3, -0.25) is 9.79 Å². The monoisotopic (exact) mass is 346 g/mol. The minimum Gasteiger partial charge on any atom is -0.466 e. The minimum absolute atomic E-state index is 0.0176. The largest absolute Gasteiger partial charge is 0.466 e. The Hall–Kier alpha value is -2.22. The molecule has 1 aromatic rings. The SMILES string of the molecule is COC(=O)C1=C2CC(NC(=O)C3CC3)CN2C(c2nccs2)=NC1. The van der Waals surface area contributed by atoms with Crippen LogP contribution in [0.2, 0.25) is 0 Å². The van der Waals surface area contributed by atoms with E-state index in [0.29, 0.717) is 18.5 Å². The van der Waals surface area contributed by atoms with E-state index in [1.165, 1.54) is 18.4 Å². The number of hydrogen-bond acceptors (Lipinski definition) is 7. The summed E-state index contributed by atoms with van der Waals surface area (Å²) >= 11 is 1.51. The number of nitrogens with one attached hydrogen (secondary N) is 1. The van der Waals surface area contributed by atoms with Gasteiger partial charge in [0, 0.05) is 36.2 Å². The fourth-order valence-corrected chi connectivity index (χ4v) is 3.81. The molecule has 1 atom stereocenters. The summed E-state index contributed by atoms with van der Waals surface area (Å²) in [5.41, 5.74) is 1.46. The molecule has 1 saturated carbocycles. The summed E-state index contributed by atoms with van der Waals surface area (Å²) in [5.74, 6) is 0.707. The second kappa shape index (κ2) is 6.01. The van der Waals surface area contributed by atoms with Crippen molar-refractivity contribution in [2.75, 3.05) is 20.2 Å². The Balaban J connectivity index is 1.61. The van der Waals surface area contributed by atoms with Gasteiger partial charge < -0.3 is 15.0 Å². The van der Waals surface area contributed by atoms with Crippen LogP contribution in [0.3, 0.4) is 0 Å². The van der Waals surface area contributed by atoms with Crippen molar-refractivity contribution in [2.24, 2.45) is 10.9 Å². The van der Waals surface area contributed by atoms with E-state index in [4.69, 9.17) is 4.74 Å². The van der Waals surface area contributed by atoms with E-state index in [-0.39, 0.29) is 30.4 Å². The first-order chi connectivity index (χ1) is 11.7. The van der Waals surface area contributed by atoms with E-state index in [2.05, 4.69) is 15.3 Å². The molecule has 24 heavy (non-hydrogen) atoms. The number of amidine groups is 1. The molecule has 2 fully saturated rings. The third-order valence-corrected chi connectivity index (χ3v) is 5.28. The molecule has 1 N–H and O–H groups in total. The number of rotatable bonds is 4. The van der Waals surface area contributed by atoms with Gasteiger partial charge in [0.1, 0.15) is 0 Å². The summed E-state index contributed by atoms with van der Waals surface area (Å²) in [6.07, 6.45) is 4.31. The van der Waals surface area contributed by atoms with Crippen molar-refractivity contribution in [3.8, 4) is 0 Å². The van der Waals surface area contributed by atoms with Crippen molar-refractivity contribution in [3.05, 3.63) is 27.9 Å². The number of esters is 1. The third-order valence-electron chi connectivity index (χ3n) is 4.51. The van der Waals surface area contributed by atoms with Crippen molar-refractivity contribution < 1.29 is 14.3 Å². The number of aromatic nitrogens is 1. The van der Waals surface area contributed by atoms with Crippen LogP contribution in [-0.4, -0.2) is 53.8 Å². The van der Waals surface area contributed by atoms with Crippen molar-refractivity contribution >= 4 is 29.0 Å². The Morgan fingerprint density at radius 1 is 1.42 bits per heavy atom. The predicted octanol–water partition coefficient (Wildman–Crippen LogP) is 0.931. The Bertz CT molecular complexity index is 737. The summed E-state index contributed by atoms with van der Waals surface area (Å²) in [6.45, 7) is 0.892. The topological polar surface area (TPSA) is 83.9 Å². The van der Waals surface area contributed by atoms with Crippen LogP contribution in [0.15, 0.2) is 27.8 Å². The van der Waals surface area contributed by atoms with Crippen LogP contribution in [0.4, 0.5) is 0 Å². The number of carbonyl (C=O) groups excluding carboxylic acids is 2. The van der Waals surface area contributed by atoms with Crippen molar-refractivity contribution in [1.29, 1.82) is 0 Å². The number of carbonyl (C=O) groups is 2. The lowest BCUT2D eigenvalue weighted by atomic mass is 10.1. The van der Waals surface area contributed by atoms with Crippen molar-refractivity contribution in [1.82, 2.24) is 15.2 Å². The van der Waals surface area contributed by atoms with Crippen LogP contribution in [0.25, 0.3) is 0 Å². The molecule has 126 valence electrons. The molecule has 7 nitrogen and oxygen atoms in total. The summed E-state index contributed by atoms with van der Waals surface area (Å²) < 4.78 is 4.90. The standard InChI is InChI=1S/C16H18N4O3S/c1-23-16(22)11-7-18-13(15-17-4-5-24-15)20-8-10(6-12(11)20)19-14(21)9-2-3-9/h4-5,9-10H,2-3,6-8H2,1H3,(H,19,21). The van der Waals surface area contributed by atoms with E-state index in [1.54, 1.807) is 6.20 Å². The molecular weight excluding hydrogens is 328 g/mol. The summed E-state index contributed by atoms with van der Waals surface area (Å²) in [6, 6.07) is -0.0176. The van der Waals surface area contributed by atoms with Crippen LogP contribution in [-0.2, 0) is 14.3 Å². The second-order valence-electron chi connectivity index (χ2n) is 6.19. The lowest BCUT2D eigenvalue weighted by molar-refractivity contribution is -0.136. The number of nitrogens with zero attached hydrogens (tertiary/aromatic N) is 3. The van der Waals surface area contributed by atoms with Gasteiger partial charge in [0.05, 0.1) is 25.3 Å². The van der Waals surface area contributed by atoms with E-state index in [0.717, 1.165) is 29.4 Å². The van der Waals surface area contributed by atoms with Gasteiger partial charge in [0.2, 0.25) is 5.91 Å². The average Bonchev–Trinajstić information content (AvgIpc) is 3.14. The zero-order valence-corrected chi connectivity index (χ0v) is 14.1. The molecule has 1 aliphatic carbocycles. The molecule has 1 amide bonds. The van der Waals surface area contributed by atoms with E-state index >= 15 is 0 Å². The molecule has 0 radical (unpaired) electrons. The van der Waals surface area contributed by atoms with E-state index in [9.17, 15) is 9.59 Å². The molecule has 0 spiro atoms. The van der Waals surface area contributed by atoms with E-state index < -0.39 is 0 Å². The van der Waals surface area contributed by atoms with Gasteiger partial charge >= 0.3 is 5.97 Å². The Labute approximate surface area is 143 Å². The van der Waals surface area contributed by atoms with Crippen LogP contribution < -0.4 is 5.32 Å². The predicted molar refractivity (Wildman–Crippen MR) is 88.5 cm³/mol. The molecule has 3 heterocycles. The van der Waals surface area contributed by atoms with E-state index in [1.807, 2.05) is 10.3 Å². The van der Waals surface area contributed by atoms with Gasteiger partial charge in [0.25, 0.3) is 0 Å². The van der Waals surface area contributed by atoms with Gasteiger partial charge in [0.15, 0.2) is 10.8 Å². The lowest BCUT2D eigenvalue weighted by Crippen LogP contribution is -2.40. The second-order valence-corrected chi connectivity index (χ2v) is 7.08. The zero-order valence-electron chi connectivity index (χ0n) is 13.3. The molecule has 2 aliphatic heterocycles. The Morgan fingerprint density at radius 2 is 2.25 bits per heavy atom. The van der Waals surface area contributed by atoms with Crippen molar-refractivity contribution in [3.63, 3.8) is 0 Å². The Kier molecular flexibility index (Phi) is 3.84. The number of aliphatic imine (C=N–C) groups is 1. The number of fused-ring (bicyclic) bond motifs is 1. The first-order valence-electron chi connectivity index (χ1n) is 8.00. The molecule has 0 bridgehead atoms. The van der Waals surface area contributed by atoms with Gasteiger partial charge in [-0.15, -0.1) is 11.3 Å². The maximum absolute atomic E-state index is 12.1. The highest BCUT2D eigenvalue weighted by Gasteiger charge is 2.39.